The molecule has 0 aliphatic heterocycles. The zero-order valence-corrected chi connectivity index (χ0v) is 17.0. The number of nitro groups is 1. The number of ether oxygens (including phenoxy) is 1. The summed E-state index contributed by atoms with van der Waals surface area (Å²) in [4.78, 5) is 33.3. The highest BCUT2D eigenvalue weighted by molar-refractivity contribution is 5.97. The Kier molecular flexibility index (Phi) is 5.91. The van der Waals surface area contributed by atoms with Crippen LogP contribution in [0, 0.1) is 24.0 Å². The highest BCUT2D eigenvalue weighted by atomic mass is 16.6. The van der Waals surface area contributed by atoms with Crippen LogP contribution >= 0.6 is 0 Å². The van der Waals surface area contributed by atoms with Gasteiger partial charge in [-0.25, -0.2) is 14.8 Å². The number of hydrogen-bond donors (Lipinski definition) is 1. The van der Waals surface area contributed by atoms with E-state index in [1.165, 1.54) is 18.3 Å². The third-order valence-electron chi connectivity index (χ3n) is 4.62. The zero-order valence-electron chi connectivity index (χ0n) is 17.0. The van der Waals surface area contributed by atoms with Gasteiger partial charge in [-0.2, -0.15) is 0 Å². The average molecular weight is 407 g/mol. The van der Waals surface area contributed by atoms with Gasteiger partial charge >= 0.3 is 11.7 Å². The SMILES string of the molecule is COC(=O)c1ccccc1N(C)c1ncnc(Nc2cc(C)ccc2C)c1[N+](=O)[O-]. The standard InChI is InChI=1S/C21H21N5O4/c1-13-9-10-14(2)16(11-13)24-19-18(26(28)29)20(23-12-22-19)25(3)17-8-6-5-7-15(17)21(27)30-4/h5-12H,1-4H3,(H,22,23,24). The Balaban J connectivity index is 2.11. The Bertz CT molecular complexity index is 1120. The van der Waals surface area contributed by atoms with Crippen LogP contribution in [0.25, 0.3) is 0 Å². The molecule has 0 radical (unpaired) electrons. The van der Waals surface area contributed by atoms with Gasteiger partial charge in [-0.1, -0.05) is 24.3 Å². The van der Waals surface area contributed by atoms with Crippen LogP contribution in [0.3, 0.4) is 0 Å². The molecule has 9 nitrogen and oxygen atoms in total. The van der Waals surface area contributed by atoms with Gasteiger partial charge < -0.3 is 15.0 Å². The van der Waals surface area contributed by atoms with Crippen LogP contribution < -0.4 is 10.2 Å². The van der Waals surface area contributed by atoms with Crippen molar-refractivity contribution in [3.8, 4) is 0 Å². The first-order valence-corrected chi connectivity index (χ1v) is 9.08. The summed E-state index contributed by atoms with van der Waals surface area (Å²) in [5.74, 6) is -0.455. The maximum absolute atomic E-state index is 12.1. The third-order valence-corrected chi connectivity index (χ3v) is 4.62. The van der Waals surface area contributed by atoms with Gasteiger partial charge in [-0.05, 0) is 43.2 Å². The lowest BCUT2D eigenvalue weighted by Crippen LogP contribution is -2.18. The van der Waals surface area contributed by atoms with Gasteiger partial charge in [0.15, 0.2) is 0 Å². The van der Waals surface area contributed by atoms with Gasteiger partial charge in [0.05, 0.1) is 23.3 Å². The molecule has 0 unspecified atom stereocenters. The predicted molar refractivity (Wildman–Crippen MR) is 114 cm³/mol. The summed E-state index contributed by atoms with van der Waals surface area (Å²) in [7, 11) is 2.87. The van der Waals surface area contributed by atoms with Gasteiger partial charge in [0.1, 0.15) is 6.33 Å². The predicted octanol–water partition coefficient (Wildman–Crippen LogP) is 4.30. The van der Waals surface area contributed by atoms with Crippen LogP contribution in [0.1, 0.15) is 21.5 Å². The van der Waals surface area contributed by atoms with Crippen molar-refractivity contribution >= 4 is 34.7 Å². The molecule has 0 aliphatic rings. The van der Waals surface area contributed by atoms with Crippen molar-refractivity contribution in [1.29, 1.82) is 0 Å². The van der Waals surface area contributed by atoms with Gasteiger partial charge in [0.25, 0.3) is 0 Å². The van der Waals surface area contributed by atoms with E-state index in [-0.39, 0.29) is 22.9 Å². The lowest BCUT2D eigenvalue weighted by Gasteiger charge is -2.21. The van der Waals surface area contributed by atoms with Crippen LogP contribution in [0.2, 0.25) is 0 Å². The maximum Gasteiger partial charge on any atom is 0.354 e. The first-order valence-electron chi connectivity index (χ1n) is 9.08. The minimum absolute atomic E-state index is 0.0409. The summed E-state index contributed by atoms with van der Waals surface area (Å²) in [5.41, 5.74) is 3.01. The average Bonchev–Trinajstić information content (AvgIpc) is 2.74. The number of nitrogens with one attached hydrogen (secondary N) is 1. The Labute approximate surface area is 173 Å². The molecule has 0 atom stereocenters. The van der Waals surface area contributed by atoms with E-state index < -0.39 is 10.9 Å². The van der Waals surface area contributed by atoms with Gasteiger partial charge in [0, 0.05) is 12.7 Å². The number of benzene rings is 2. The van der Waals surface area contributed by atoms with E-state index in [2.05, 4.69) is 15.3 Å². The highest BCUT2D eigenvalue weighted by Crippen LogP contribution is 2.37. The van der Waals surface area contributed by atoms with Crippen molar-refractivity contribution in [3.63, 3.8) is 0 Å². The molecule has 3 aromatic rings. The van der Waals surface area contributed by atoms with Crippen molar-refractivity contribution in [2.24, 2.45) is 0 Å². The topological polar surface area (TPSA) is 110 Å². The quantitative estimate of drug-likeness (QED) is 0.366. The molecular weight excluding hydrogens is 386 g/mol. The summed E-state index contributed by atoms with van der Waals surface area (Å²) in [6.45, 7) is 3.83. The van der Waals surface area contributed by atoms with Crippen LogP contribution in [0.15, 0.2) is 48.8 Å². The highest BCUT2D eigenvalue weighted by Gasteiger charge is 2.28. The van der Waals surface area contributed by atoms with Crippen molar-refractivity contribution in [2.45, 2.75) is 13.8 Å². The number of carbonyl (C=O) groups is 1. The van der Waals surface area contributed by atoms with Crippen molar-refractivity contribution in [3.05, 3.63) is 75.6 Å². The number of para-hydroxylation sites is 1. The van der Waals surface area contributed by atoms with E-state index in [9.17, 15) is 14.9 Å². The third kappa shape index (κ3) is 4.04. The van der Waals surface area contributed by atoms with E-state index >= 15 is 0 Å². The number of methoxy groups -OCH3 is 1. The zero-order chi connectivity index (χ0) is 21.8. The lowest BCUT2D eigenvalue weighted by atomic mass is 10.1. The molecule has 0 bridgehead atoms. The smallest absolute Gasteiger partial charge is 0.354 e. The van der Waals surface area contributed by atoms with E-state index in [0.717, 1.165) is 11.1 Å². The Morgan fingerprint density at radius 2 is 1.90 bits per heavy atom. The fourth-order valence-electron chi connectivity index (χ4n) is 3.04. The number of anilines is 4. The number of esters is 1. The second kappa shape index (κ2) is 8.56. The first kappa shape index (κ1) is 20.7. The number of hydrogen-bond acceptors (Lipinski definition) is 8. The number of aromatic nitrogens is 2. The van der Waals surface area contributed by atoms with Gasteiger partial charge in [0.2, 0.25) is 11.6 Å². The molecule has 0 spiro atoms. The van der Waals surface area contributed by atoms with Crippen LogP contribution in [0.4, 0.5) is 28.7 Å². The number of rotatable bonds is 6. The molecule has 9 heteroatoms. The van der Waals surface area contributed by atoms with Gasteiger partial charge in [-0.15, -0.1) is 0 Å². The number of carbonyl (C=O) groups excluding carboxylic acids is 1. The Hall–Kier alpha value is -4.01. The monoisotopic (exact) mass is 407 g/mol. The fourth-order valence-corrected chi connectivity index (χ4v) is 3.04. The molecule has 0 fully saturated rings. The molecule has 0 aliphatic carbocycles. The Morgan fingerprint density at radius 3 is 2.60 bits per heavy atom. The number of aryl methyl sites for hydroxylation is 2. The van der Waals surface area contributed by atoms with Crippen LogP contribution in [-0.4, -0.2) is 35.0 Å². The molecule has 30 heavy (non-hydrogen) atoms. The van der Waals surface area contributed by atoms with Gasteiger partial charge in [-0.3, -0.25) is 10.1 Å². The minimum Gasteiger partial charge on any atom is -0.465 e. The summed E-state index contributed by atoms with van der Waals surface area (Å²) in [5, 5.41) is 15.0. The molecule has 1 aromatic heterocycles. The van der Waals surface area contributed by atoms with E-state index in [1.54, 1.807) is 31.3 Å². The summed E-state index contributed by atoms with van der Waals surface area (Å²) in [6.07, 6.45) is 1.24. The lowest BCUT2D eigenvalue weighted by molar-refractivity contribution is -0.383. The molecule has 154 valence electrons. The van der Waals surface area contributed by atoms with E-state index in [1.807, 2.05) is 32.0 Å². The molecule has 2 aromatic carbocycles. The summed E-state index contributed by atoms with van der Waals surface area (Å²) < 4.78 is 4.82. The van der Waals surface area contributed by atoms with Crippen LogP contribution in [0.5, 0.6) is 0 Å². The number of nitrogens with zero attached hydrogens (tertiary/aromatic N) is 4. The van der Waals surface area contributed by atoms with Crippen molar-refractivity contribution < 1.29 is 14.5 Å². The van der Waals surface area contributed by atoms with E-state index in [4.69, 9.17) is 4.74 Å². The molecule has 1 N–H and O–H groups in total. The van der Waals surface area contributed by atoms with Crippen molar-refractivity contribution in [1.82, 2.24) is 9.97 Å². The Morgan fingerprint density at radius 1 is 1.17 bits per heavy atom. The second-order valence-corrected chi connectivity index (χ2v) is 6.66. The van der Waals surface area contributed by atoms with Crippen molar-refractivity contribution in [2.75, 3.05) is 24.4 Å². The molecule has 0 amide bonds. The second-order valence-electron chi connectivity index (χ2n) is 6.66. The summed E-state index contributed by atoms with van der Waals surface area (Å²) >= 11 is 0. The summed E-state index contributed by atoms with van der Waals surface area (Å²) in [6, 6.07) is 12.4. The van der Waals surface area contributed by atoms with E-state index in [0.29, 0.717) is 11.4 Å². The molecule has 0 saturated heterocycles. The normalized spacial score (nSPS) is 10.4. The largest absolute Gasteiger partial charge is 0.465 e. The minimum atomic E-state index is -0.553. The first-order chi connectivity index (χ1) is 14.3. The molecule has 1 heterocycles. The fraction of sp³-hybridized carbons (Fsp3) is 0.190. The van der Waals surface area contributed by atoms with Crippen LogP contribution in [-0.2, 0) is 4.74 Å². The molecule has 3 rings (SSSR count). The maximum atomic E-state index is 12.1. The molecule has 0 saturated carbocycles. The molecular formula is C21H21N5O4.